The third-order valence-electron chi connectivity index (χ3n) is 5.79. The second-order valence-electron chi connectivity index (χ2n) is 8.68. The molecular weight excluding hydrogens is 456 g/mol. The van der Waals surface area contributed by atoms with Crippen molar-refractivity contribution in [2.75, 3.05) is 26.1 Å². The number of nitrogens with one attached hydrogen (secondary N) is 2. The summed E-state index contributed by atoms with van der Waals surface area (Å²) in [6, 6.07) is 20.3. The second-order valence-corrected chi connectivity index (χ2v) is 8.68. The summed E-state index contributed by atoms with van der Waals surface area (Å²) >= 11 is 0. The molecule has 7 nitrogen and oxygen atoms in total. The molecule has 3 rings (SSSR count). The molecule has 0 heterocycles. The summed E-state index contributed by atoms with van der Waals surface area (Å²) in [5, 5.41) is 5.76. The number of benzene rings is 3. The van der Waals surface area contributed by atoms with Crippen LogP contribution in [0.2, 0.25) is 0 Å². The van der Waals surface area contributed by atoms with Crippen LogP contribution in [-0.4, -0.2) is 38.7 Å². The molecule has 36 heavy (non-hydrogen) atoms. The van der Waals surface area contributed by atoms with Crippen molar-refractivity contribution in [1.29, 1.82) is 0 Å². The minimum Gasteiger partial charge on any atom is -0.493 e. The standard InChI is InChI=1S/C29H34N2O5/c1-19(2)22-10-7-9-13-25(22)36-20(3)28(32)31-24-12-8-6-11-23(24)29(33)30-17-16-21-14-15-26(34-4)27(18-21)35-5/h6-15,18-20H,16-17H2,1-5H3,(H,30,33)(H,31,32). The first-order valence-electron chi connectivity index (χ1n) is 12.0. The van der Waals surface area contributed by atoms with E-state index in [4.69, 9.17) is 14.2 Å². The van der Waals surface area contributed by atoms with Crippen LogP contribution in [0.25, 0.3) is 0 Å². The van der Waals surface area contributed by atoms with Crippen molar-refractivity contribution in [3.8, 4) is 17.2 Å². The molecule has 3 aromatic rings. The van der Waals surface area contributed by atoms with Gasteiger partial charge in [-0.25, -0.2) is 0 Å². The summed E-state index contributed by atoms with van der Waals surface area (Å²) < 4.78 is 16.6. The van der Waals surface area contributed by atoms with Crippen LogP contribution < -0.4 is 24.8 Å². The first-order chi connectivity index (χ1) is 17.3. The van der Waals surface area contributed by atoms with Crippen LogP contribution in [0.4, 0.5) is 5.69 Å². The summed E-state index contributed by atoms with van der Waals surface area (Å²) in [5.74, 6) is 1.63. The lowest BCUT2D eigenvalue weighted by Gasteiger charge is -2.19. The molecule has 0 fully saturated rings. The highest BCUT2D eigenvalue weighted by Crippen LogP contribution is 2.28. The van der Waals surface area contributed by atoms with Gasteiger partial charge in [-0.05, 0) is 60.7 Å². The number of para-hydroxylation sites is 2. The van der Waals surface area contributed by atoms with Gasteiger partial charge in [0.05, 0.1) is 25.5 Å². The predicted octanol–water partition coefficient (Wildman–Crippen LogP) is 5.21. The van der Waals surface area contributed by atoms with E-state index in [2.05, 4.69) is 24.5 Å². The fourth-order valence-electron chi connectivity index (χ4n) is 3.79. The maximum absolute atomic E-state index is 12.9. The molecule has 0 spiro atoms. The zero-order valence-electron chi connectivity index (χ0n) is 21.5. The van der Waals surface area contributed by atoms with E-state index in [0.717, 1.165) is 11.1 Å². The van der Waals surface area contributed by atoms with Crippen LogP contribution >= 0.6 is 0 Å². The van der Waals surface area contributed by atoms with Crippen molar-refractivity contribution in [3.05, 3.63) is 83.4 Å². The molecule has 3 aromatic carbocycles. The molecule has 0 saturated heterocycles. The Hall–Kier alpha value is -4.00. The number of hydrogen-bond acceptors (Lipinski definition) is 5. The lowest BCUT2D eigenvalue weighted by molar-refractivity contribution is -0.122. The van der Waals surface area contributed by atoms with Gasteiger partial charge in [-0.3, -0.25) is 9.59 Å². The molecule has 0 saturated carbocycles. The largest absolute Gasteiger partial charge is 0.493 e. The normalized spacial score (nSPS) is 11.5. The Morgan fingerprint density at radius 3 is 2.25 bits per heavy atom. The van der Waals surface area contributed by atoms with Gasteiger partial charge in [0.1, 0.15) is 5.75 Å². The maximum atomic E-state index is 12.9. The summed E-state index contributed by atoms with van der Waals surface area (Å²) in [5.41, 5.74) is 2.85. The van der Waals surface area contributed by atoms with E-state index in [0.29, 0.717) is 41.5 Å². The van der Waals surface area contributed by atoms with Gasteiger partial charge < -0.3 is 24.8 Å². The van der Waals surface area contributed by atoms with Gasteiger partial charge in [-0.1, -0.05) is 50.2 Å². The van der Waals surface area contributed by atoms with Crippen LogP contribution in [0, 0.1) is 0 Å². The van der Waals surface area contributed by atoms with E-state index in [-0.39, 0.29) is 17.7 Å². The lowest BCUT2D eigenvalue weighted by atomic mass is 10.0. The molecule has 190 valence electrons. The molecule has 1 unspecified atom stereocenters. The number of hydrogen-bond donors (Lipinski definition) is 2. The van der Waals surface area contributed by atoms with Crippen molar-refractivity contribution in [2.24, 2.45) is 0 Å². The maximum Gasteiger partial charge on any atom is 0.265 e. The van der Waals surface area contributed by atoms with Gasteiger partial charge in [-0.2, -0.15) is 0 Å². The molecule has 0 bridgehead atoms. The quantitative estimate of drug-likeness (QED) is 0.386. The molecular formula is C29H34N2O5. The zero-order chi connectivity index (χ0) is 26.1. The van der Waals surface area contributed by atoms with Crippen molar-refractivity contribution in [1.82, 2.24) is 5.32 Å². The van der Waals surface area contributed by atoms with Gasteiger partial charge in [0.15, 0.2) is 17.6 Å². The van der Waals surface area contributed by atoms with Crippen molar-refractivity contribution < 1.29 is 23.8 Å². The van der Waals surface area contributed by atoms with Gasteiger partial charge in [0.2, 0.25) is 0 Å². The smallest absolute Gasteiger partial charge is 0.265 e. The molecule has 2 amide bonds. The predicted molar refractivity (Wildman–Crippen MR) is 141 cm³/mol. The summed E-state index contributed by atoms with van der Waals surface area (Å²) in [7, 11) is 3.18. The molecule has 0 aromatic heterocycles. The Balaban J connectivity index is 1.62. The second kappa shape index (κ2) is 12.6. The third-order valence-corrected chi connectivity index (χ3v) is 5.79. The number of amides is 2. The first kappa shape index (κ1) is 26.6. The van der Waals surface area contributed by atoms with E-state index in [1.54, 1.807) is 45.4 Å². The average molecular weight is 491 g/mol. The monoisotopic (exact) mass is 490 g/mol. The van der Waals surface area contributed by atoms with Crippen molar-refractivity contribution >= 4 is 17.5 Å². The zero-order valence-corrected chi connectivity index (χ0v) is 21.5. The summed E-state index contributed by atoms with van der Waals surface area (Å²) in [6.07, 6.45) is -0.133. The summed E-state index contributed by atoms with van der Waals surface area (Å²) in [4.78, 5) is 25.8. The molecule has 2 N–H and O–H groups in total. The number of anilines is 1. The third kappa shape index (κ3) is 6.78. The van der Waals surface area contributed by atoms with E-state index in [1.165, 1.54) is 0 Å². The van der Waals surface area contributed by atoms with Crippen LogP contribution in [0.3, 0.4) is 0 Å². The number of methoxy groups -OCH3 is 2. The molecule has 0 radical (unpaired) electrons. The van der Waals surface area contributed by atoms with Gasteiger partial charge in [0, 0.05) is 6.54 Å². The number of ether oxygens (including phenoxy) is 3. The van der Waals surface area contributed by atoms with E-state index >= 15 is 0 Å². The van der Waals surface area contributed by atoms with Crippen molar-refractivity contribution in [3.63, 3.8) is 0 Å². The Morgan fingerprint density at radius 2 is 1.53 bits per heavy atom. The van der Waals surface area contributed by atoms with Crippen LogP contribution in [0.5, 0.6) is 17.2 Å². The lowest BCUT2D eigenvalue weighted by Crippen LogP contribution is -2.32. The number of rotatable bonds is 11. The van der Waals surface area contributed by atoms with E-state index in [9.17, 15) is 9.59 Å². The Labute approximate surface area is 212 Å². The van der Waals surface area contributed by atoms with Crippen molar-refractivity contribution in [2.45, 2.75) is 39.2 Å². The van der Waals surface area contributed by atoms with Gasteiger partial charge >= 0.3 is 0 Å². The Bertz CT molecular complexity index is 1190. The number of carbonyl (C=O) groups is 2. The van der Waals surface area contributed by atoms with E-state index < -0.39 is 6.10 Å². The molecule has 0 aliphatic rings. The Morgan fingerprint density at radius 1 is 0.833 bits per heavy atom. The Kier molecular flexibility index (Phi) is 9.33. The molecule has 7 heteroatoms. The van der Waals surface area contributed by atoms with Gasteiger partial charge in [-0.15, -0.1) is 0 Å². The van der Waals surface area contributed by atoms with Crippen LogP contribution in [0.15, 0.2) is 66.7 Å². The topological polar surface area (TPSA) is 85.9 Å². The highest BCUT2D eigenvalue weighted by Gasteiger charge is 2.20. The minimum absolute atomic E-state index is 0.264. The average Bonchev–Trinajstić information content (AvgIpc) is 2.88. The fourth-order valence-corrected chi connectivity index (χ4v) is 3.79. The first-order valence-corrected chi connectivity index (χ1v) is 12.0. The fraction of sp³-hybridized carbons (Fsp3) is 0.310. The molecule has 0 aliphatic carbocycles. The highest BCUT2D eigenvalue weighted by molar-refractivity contribution is 6.04. The van der Waals surface area contributed by atoms with Crippen LogP contribution in [0.1, 0.15) is 48.2 Å². The highest BCUT2D eigenvalue weighted by atomic mass is 16.5. The SMILES string of the molecule is COc1ccc(CCNC(=O)c2ccccc2NC(=O)C(C)Oc2ccccc2C(C)C)cc1OC. The molecule has 1 atom stereocenters. The minimum atomic E-state index is -0.744. The number of carbonyl (C=O) groups excluding carboxylic acids is 2. The van der Waals surface area contributed by atoms with Gasteiger partial charge in [0.25, 0.3) is 11.8 Å². The van der Waals surface area contributed by atoms with E-state index in [1.807, 2.05) is 42.5 Å². The summed E-state index contributed by atoms with van der Waals surface area (Å²) in [6.45, 7) is 6.26. The van der Waals surface area contributed by atoms with Crippen LogP contribution in [-0.2, 0) is 11.2 Å². The molecule has 0 aliphatic heterocycles.